The lowest BCUT2D eigenvalue weighted by Crippen LogP contribution is -2.48. The molecule has 0 aromatic heterocycles. The monoisotopic (exact) mass is 368 g/mol. The molecule has 114 valence electrons. The Morgan fingerprint density at radius 2 is 1.55 bits per heavy atom. The molecule has 1 unspecified atom stereocenters. The summed E-state index contributed by atoms with van der Waals surface area (Å²) in [5.41, 5.74) is 0.567. The third kappa shape index (κ3) is 3.83. The van der Waals surface area contributed by atoms with Crippen LogP contribution in [0, 0.1) is 11.7 Å². The van der Waals surface area contributed by atoms with Crippen molar-refractivity contribution in [2.75, 3.05) is 0 Å². The van der Waals surface area contributed by atoms with Crippen molar-refractivity contribution in [2.24, 2.45) is 11.8 Å². The van der Waals surface area contributed by atoms with Crippen LogP contribution in [-0.4, -0.2) is 12.4 Å². The van der Waals surface area contributed by atoms with Gasteiger partial charge in [0.15, 0.2) is 5.92 Å². The fourth-order valence-corrected chi connectivity index (χ4v) is 2.06. The topological polar surface area (TPSA) is 38.0 Å². The molecule has 0 saturated heterocycles. The second-order valence-electron chi connectivity index (χ2n) is 3.87. The lowest BCUT2D eigenvalue weighted by atomic mass is 9.92. The SMILES string of the molecule is NNC(c1cc(Br)ccc1F)C(C(F)(F)F)C(F)(F)F. The first kappa shape index (κ1) is 17.2. The summed E-state index contributed by atoms with van der Waals surface area (Å²) >= 11 is 2.85. The minimum Gasteiger partial charge on any atom is -0.271 e. The van der Waals surface area contributed by atoms with Crippen molar-refractivity contribution < 1.29 is 30.7 Å². The average molecular weight is 369 g/mol. The fraction of sp³-hybridized carbons (Fsp3) is 0.400. The first-order chi connectivity index (χ1) is 8.98. The van der Waals surface area contributed by atoms with Crippen LogP contribution in [0.5, 0.6) is 0 Å². The number of alkyl halides is 6. The molecule has 0 amide bonds. The average Bonchev–Trinajstić information content (AvgIpc) is 2.25. The van der Waals surface area contributed by atoms with Crippen LogP contribution in [0.15, 0.2) is 22.7 Å². The Hall–Kier alpha value is -0.870. The molecule has 1 rings (SSSR count). The quantitative estimate of drug-likeness (QED) is 0.483. The fourth-order valence-electron chi connectivity index (χ4n) is 1.68. The maximum Gasteiger partial charge on any atom is 0.402 e. The van der Waals surface area contributed by atoms with Gasteiger partial charge in [-0.3, -0.25) is 11.3 Å². The van der Waals surface area contributed by atoms with Crippen LogP contribution in [0.2, 0.25) is 0 Å². The van der Waals surface area contributed by atoms with Crippen molar-refractivity contribution in [3.05, 3.63) is 34.1 Å². The van der Waals surface area contributed by atoms with Crippen molar-refractivity contribution in [1.29, 1.82) is 0 Å². The van der Waals surface area contributed by atoms with E-state index in [1.54, 1.807) is 0 Å². The van der Waals surface area contributed by atoms with Gasteiger partial charge in [0.2, 0.25) is 0 Å². The summed E-state index contributed by atoms with van der Waals surface area (Å²) < 4.78 is 89.3. The van der Waals surface area contributed by atoms with Crippen LogP contribution in [0.3, 0.4) is 0 Å². The summed E-state index contributed by atoms with van der Waals surface area (Å²) in [7, 11) is 0. The molecule has 1 aromatic rings. The molecule has 2 nitrogen and oxygen atoms in total. The molecule has 0 aliphatic rings. The zero-order valence-corrected chi connectivity index (χ0v) is 11.1. The van der Waals surface area contributed by atoms with E-state index < -0.39 is 35.7 Å². The molecule has 0 aliphatic carbocycles. The second-order valence-corrected chi connectivity index (χ2v) is 4.79. The van der Waals surface area contributed by atoms with Gasteiger partial charge in [-0.05, 0) is 18.2 Å². The van der Waals surface area contributed by atoms with Gasteiger partial charge in [0.25, 0.3) is 0 Å². The molecular weight excluding hydrogens is 361 g/mol. The van der Waals surface area contributed by atoms with E-state index in [4.69, 9.17) is 5.84 Å². The van der Waals surface area contributed by atoms with E-state index in [0.717, 1.165) is 18.2 Å². The van der Waals surface area contributed by atoms with Gasteiger partial charge < -0.3 is 0 Å². The Bertz CT molecular complexity index is 458. The molecule has 0 radical (unpaired) electrons. The highest BCUT2D eigenvalue weighted by atomic mass is 79.9. The number of hydrazine groups is 1. The Morgan fingerprint density at radius 3 is 1.95 bits per heavy atom. The van der Waals surface area contributed by atoms with E-state index in [2.05, 4.69) is 15.9 Å². The molecule has 20 heavy (non-hydrogen) atoms. The first-order valence-corrected chi connectivity index (χ1v) is 5.82. The van der Waals surface area contributed by atoms with Gasteiger partial charge in [-0.1, -0.05) is 15.9 Å². The lowest BCUT2D eigenvalue weighted by molar-refractivity contribution is -0.293. The predicted octanol–water partition coefficient (Wildman–Crippen LogP) is 3.83. The Morgan fingerprint density at radius 1 is 1.05 bits per heavy atom. The molecule has 0 aliphatic heterocycles. The Labute approximate surface area is 117 Å². The molecule has 0 fully saturated rings. The summed E-state index contributed by atoms with van der Waals surface area (Å²) in [5.74, 6) is -0.271. The Kier molecular flexibility index (Phi) is 5.03. The number of hydrogen-bond acceptors (Lipinski definition) is 2. The Balaban J connectivity index is 3.38. The van der Waals surface area contributed by atoms with Crippen molar-refractivity contribution in [3.63, 3.8) is 0 Å². The summed E-state index contributed by atoms with van der Waals surface area (Å²) in [6.45, 7) is 0. The highest BCUT2D eigenvalue weighted by molar-refractivity contribution is 9.10. The maximum atomic E-state index is 13.5. The first-order valence-electron chi connectivity index (χ1n) is 5.03. The van der Waals surface area contributed by atoms with Crippen molar-refractivity contribution in [3.8, 4) is 0 Å². The van der Waals surface area contributed by atoms with Crippen LogP contribution in [0.1, 0.15) is 11.6 Å². The van der Waals surface area contributed by atoms with E-state index in [9.17, 15) is 30.7 Å². The van der Waals surface area contributed by atoms with Gasteiger partial charge in [-0.15, -0.1) is 0 Å². The number of rotatable bonds is 3. The number of nitrogens with one attached hydrogen (secondary N) is 1. The van der Waals surface area contributed by atoms with Crippen LogP contribution in [0.4, 0.5) is 30.7 Å². The third-order valence-electron chi connectivity index (χ3n) is 2.51. The van der Waals surface area contributed by atoms with Gasteiger partial charge in [-0.25, -0.2) is 4.39 Å². The number of hydrogen-bond donors (Lipinski definition) is 2. The van der Waals surface area contributed by atoms with Crippen LogP contribution >= 0.6 is 15.9 Å². The minimum atomic E-state index is -5.63. The number of halogens is 8. The molecule has 1 aromatic carbocycles. The zero-order chi connectivity index (χ0) is 15.7. The van der Waals surface area contributed by atoms with Crippen LogP contribution < -0.4 is 11.3 Å². The van der Waals surface area contributed by atoms with E-state index in [1.807, 2.05) is 0 Å². The van der Waals surface area contributed by atoms with Crippen LogP contribution in [-0.2, 0) is 0 Å². The second kappa shape index (κ2) is 5.86. The molecule has 10 heteroatoms. The normalized spacial score (nSPS) is 14.7. The van der Waals surface area contributed by atoms with Crippen LogP contribution in [0.25, 0.3) is 0 Å². The highest BCUT2D eigenvalue weighted by Crippen LogP contribution is 2.46. The molecule has 3 N–H and O–H groups in total. The third-order valence-corrected chi connectivity index (χ3v) is 3.00. The number of benzene rings is 1. The van der Waals surface area contributed by atoms with Gasteiger partial charge in [-0.2, -0.15) is 26.3 Å². The summed E-state index contributed by atoms with van der Waals surface area (Å²) in [6.07, 6.45) is -11.3. The van der Waals surface area contributed by atoms with E-state index >= 15 is 0 Å². The molecule has 0 spiro atoms. The van der Waals surface area contributed by atoms with Gasteiger partial charge in [0.05, 0.1) is 6.04 Å². The number of nitrogens with two attached hydrogens (primary N) is 1. The summed E-state index contributed by atoms with van der Waals surface area (Å²) in [5, 5.41) is 0. The summed E-state index contributed by atoms with van der Waals surface area (Å²) in [4.78, 5) is 0. The smallest absolute Gasteiger partial charge is 0.271 e. The van der Waals surface area contributed by atoms with Gasteiger partial charge in [0.1, 0.15) is 5.82 Å². The van der Waals surface area contributed by atoms with Crippen molar-refractivity contribution >= 4 is 15.9 Å². The molecule has 0 saturated carbocycles. The van der Waals surface area contributed by atoms with Gasteiger partial charge >= 0.3 is 12.4 Å². The van der Waals surface area contributed by atoms with E-state index in [1.165, 1.54) is 5.43 Å². The molecule has 0 bridgehead atoms. The lowest BCUT2D eigenvalue weighted by Gasteiger charge is -2.30. The highest BCUT2D eigenvalue weighted by Gasteiger charge is 2.60. The van der Waals surface area contributed by atoms with Crippen molar-refractivity contribution in [1.82, 2.24) is 5.43 Å². The molecule has 0 heterocycles. The zero-order valence-electron chi connectivity index (χ0n) is 9.49. The van der Waals surface area contributed by atoms with E-state index in [-0.39, 0.29) is 4.47 Å². The van der Waals surface area contributed by atoms with E-state index in [0.29, 0.717) is 0 Å². The molecular formula is C10H8BrF7N2. The largest absolute Gasteiger partial charge is 0.402 e. The standard InChI is InChI=1S/C10H8BrF7N2/c11-4-1-2-6(12)5(3-4)7(20-19)8(9(13,14)15)10(16,17)18/h1-3,7-8,20H,19H2. The van der Waals surface area contributed by atoms with Gasteiger partial charge in [0, 0.05) is 10.0 Å². The predicted molar refractivity (Wildman–Crippen MR) is 59.8 cm³/mol. The molecule has 1 atom stereocenters. The maximum absolute atomic E-state index is 13.5. The minimum absolute atomic E-state index is 0.122. The van der Waals surface area contributed by atoms with Crippen molar-refractivity contribution in [2.45, 2.75) is 18.4 Å². The summed E-state index contributed by atoms with van der Waals surface area (Å²) in [6, 6.07) is 0.202.